The van der Waals surface area contributed by atoms with E-state index in [-0.39, 0.29) is 30.0 Å². The van der Waals surface area contributed by atoms with Gasteiger partial charge in [-0.2, -0.15) is 0 Å². The van der Waals surface area contributed by atoms with E-state index in [9.17, 15) is 9.59 Å². The fourth-order valence-electron chi connectivity index (χ4n) is 2.68. The number of rotatable bonds is 8. The SMILES string of the molecule is CC(C)(C)CCN1CCN(CCOC(=O)CCC(=O)C(C)(C)C)CC1. The van der Waals surface area contributed by atoms with Crippen LogP contribution in [-0.4, -0.2) is 67.4 Å². The molecule has 0 aromatic heterocycles. The van der Waals surface area contributed by atoms with Crippen LogP contribution in [0, 0.1) is 10.8 Å². The molecule has 0 aromatic carbocycles. The van der Waals surface area contributed by atoms with Gasteiger partial charge < -0.3 is 9.64 Å². The lowest BCUT2D eigenvalue weighted by atomic mass is 9.88. The van der Waals surface area contributed by atoms with Crippen LogP contribution in [0.3, 0.4) is 0 Å². The molecule has 1 aliphatic heterocycles. The predicted molar refractivity (Wildman–Crippen MR) is 102 cm³/mol. The third kappa shape index (κ3) is 9.95. The molecule has 1 fully saturated rings. The summed E-state index contributed by atoms with van der Waals surface area (Å²) in [6.07, 6.45) is 1.68. The number of nitrogens with zero attached hydrogens (tertiary/aromatic N) is 2. The number of Topliss-reactive ketones (excluding diaryl/α,β-unsaturated/α-hetero) is 1. The lowest BCUT2D eigenvalue weighted by Gasteiger charge is -2.35. The zero-order chi connectivity index (χ0) is 19.1. The number of esters is 1. The number of piperazine rings is 1. The van der Waals surface area contributed by atoms with Crippen LogP contribution < -0.4 is 0 Å². The van der Waals surface area contributed by atoms with Gasteiger partial charge in [0.15, 0.2) is 0 Å². The first-order chi connectivity index (χ1) is 11.5. The van der Waals surface area contributed by atoms with Gasteiger partial charge in [-0.25, -0.2) is 0 Å². The maximum atomic E-state index is 11.8. The van der Waals surface area contributed by atoms with Crippen molar-refractivity contribution >= 4 is 11.8 Å². The largest absolute Gasteiger partial charge is 0.464 e. The van der Waals surface area contributed by atoms with Gasteiger partial charge in [0.25, 0.3) is 0 Å². The Morgan fingerprint density at radius 3 is 1.84 bits per heavy atom. The van der Waals surface area contributed by atoms with Crippen molar-refractivity contribution in [3.8, 4) is 0 Å². The van der Waals surface area contributed by atoms with Crippen LogP contribution in [0.2, 0.25) is 0 Å². The van der Waals surface area contributed by atoms with E-state index in [4.69, 9.17) is 4.74 Å². The van der Waals surface area contributed by atoms with E-state index < -0.39 is 0 Å². The Labute approximate surface area is 154 Å². The van der Waals surface area contributed by atoms with Crippen LogP contribution >= 0.6 is 0 Å². The number of carbonyl (C=O) groups is 2. The predicted octanol–water partition coefficient (Wildman–Crippen LogP) is 2.98. The molecule has 0 spiro atoms. The number of hydrogen-bond donors (Lipinski definition) is 0. The molecule has 0 radical (unpaired) electrons. The van der Waals surface area contributed by atoms with Crippen LogP contribution in [0.15, 0.2) is 0 Å². The highest BCUT2D eigenvalue weighted by Crippen LogP contribution is 2.19. The van der Waals surface area contributed by atoms with Crippen molar-refractivity contribution in [3.05, 3.63) is 0 Å². The molecular weight excluding hydrogens is 316 g/mol. The third-order valence-corrected chi connectivity index (χ3v) is 4.71. The fraction of sp³-hybridized carbons (Fsp3) is 0.900. The van der Waals surface area contributed by atoms with E-state index in [1.807, 2.05) is 20.8 Å². The molecule has 0 N–H and O–H groups in total. The minimum Gasteiger partial charge on any atom is -0.464 e. The summed E-state index contributed by atoms with van der Waals surface area (Å²) in [7, 11) is 0. The molecule has 1 saturated heterocycles. The second kappa shape index (κ2) is 9.67. The van der Waals surface area contributed by atoms with E-state index in [0.29, 0.717) is 12.0 Å². The average Bonchev–Trinajstić information content (AvgIpc) is 2.50. The Morgan fingerprint density at radius 2 is 1.36 bits per heavy atom. The normalized spacial score (nSPS) is 17.5. The Bertz CT molecular complexity index is 427. The van der Waals surface area contributed by atoms with Crippen molar-refractivity contribution in [1.29, 1.82) is 0 Å². The van der Waals surface area contributed by atoms with E-state index in [2.05, 4.69) is 30.6 Å². The van der Waals surface area contributed by atoms with Gasteiger partial charge in [-0.05, 0) is 18.4 Å². The molecule has 0 amide bonds. The fourth-order valence-corrected chi connectivity index (χ4v) is 2.68. The van der Waals surface area contributed by atoms with Gasteiger partial charge in [-0.3, -0.25) is 14.5 Å². The second-order valence-electron chi connectivity index (χ2n) is 9.39. The first kappa shape index (κ1) is 22.1. The lowest BCUT2D eigenvalue weighted by Crippen LogP contribution is -2.47. The van der Waals surface area contributed by atoms with Crippen molar-refractivity contribution < 1.29 is 14.3 Å². The zero-order valence-electron chi connectivity index (χ0n) is 17.2. The first-order valence-corrected chi connectivity index (χ1v) is 9.61. The highest BCUT2D eigenvalue weighted by molar-refractivity contribution is 5.86. The summed E-state index contributed by atoms with van der Waals surface area (Å²) in [6, 6.07) is 0. The second-order valence-corrected chi connectivity index (χ2v) is 9.39. The molecule has 5 heteroatoms. The molecule has 0 atom stereocenters. The quantitative estimate of drug-likeness (QED) is 0.627. The first-order valence-electron chi connectivity index (χ1n) is 9.61. The van der Waals surface area contributed by atoms with E-state index in [1.165, 1.54) is 6.42 Å². The summed E-state index contributed by atoms with van der Waals surface area (Å²) >= 11 is 0. The van der Waals surface area contributed by atoms with Crippen LogP contribution in [0.4, 0.5) is 0 Å². The van der Waals surface area contributed by atoms with Crippen LogP contribution in [0.5, 0.6) is 0 Å². The van der Waals surface area contributed by atoms with Crippen molar-refractivity contribution in [2.75, 3.05) is 45.9 Å². The van der Waals surface area contributed by atoms with Gasteiger partial charge in [0.2, 0.25) is 0 Å². The Hall–Kier alpha value is -0.940. The Kier molecular flexibility index (Phi) is 8.55. The van der Waals surface area contributed by atoms with Gasteiger partial charge in [0.1, 0.15) is 12.4 Å². The number of hydrogen-bond acceptors (Lipinski definition) is 5. The Balaban J connectivity index is 2.11. The molecule has 25 heavy (non-hydrogen) atoms. The Morgan fingerprint density at radius 1 is 0.840 bits per heavy atom. The molecule has 0 bridgehead atoms. The number of carbonyl (C=O) groups excluding carboxylic acids is 2. The summed E-state index contributed by atoms with van der Waals surface area (Å²) in [6.45, 7) is 19.1. The minimum atomic E-state index is -0.382. The maximum absolute atomic E-state index is 11.8. The molecule has 0 aliphatic carbocycles. The van der Waals surface area contributed by atoms with Gasteiger partial charge in [0, 0.05) is 44.6 Å². The monoisotopic (exact) mass is 354 g/mol. The van der Waals surface area contributed by atoms with Gasteiger partial charge in [-0.1, -0.05) is 41.5 Å². The summed E-state index contributed by atoms with van der Waals surface area (Å²) in [4.78, 5) is 28.4. The van der Waals surface area contributed by atoms with E-state index in [1.54, 1.807) is 0 Å². The minimum absolute atomic E-state index is 0.107. The van der Waals surface area contributed by atoms with Crippen molar-refractivity contribution in [3.63, 3.8) is 0 Å². The summed E-state index contributed by atoms with van der Waals surface area (Å²) in [5.74, 6) is -0.155. The van der Waals surface area contributed by atoms with Crippen molar-refractivity contribution in [2.45, 2.75) is 60.8 Å². The molecule has 146 valence electrons. The average molecular weight is 355 g/mol. The zero-order valence-corrected chi connectivity index (χ0v) is 17.2. The molecule has 0 aromatic rings. The topological polar surface area (TPSA) is 49.9 Å². The van der Waals surface area contributed by atoms with Gasteiger partial charge >= 0.3 is 5.97 Å². The third-order valence-electron chi connectivity index (χ3n) is 4.71. The van der Waals surface area contributed by atoms with Crippen LogP contribution in [0.25, 0.3) is 0 Å². The number of ether oxygens (including phenoxy) is 1. The van der Waals surface area contributed by atoms with Gasteiger partial charge in [-0.15, -0.1) is 0 Å². The number of ketones is 1. The van der Waals surface area contributed by atoms with Crippen LogP contribution in [0.1, 0.15) is 60.8 Å². The molecular formula is C20H38N2O3. The smallest absolute Gasteiger partial charge is 0.306 e. The molecule has 1 rings (SSSR count). The molecule has 1 aliphatic rings. The molecule has 0 unspecified atom stereocenters. The molecule has 1 heterocycles. The summed E-state index contributed by atoms with van der Waals surface area (Å²) in [5, 5.41) is 0. The van der Waals surface area contributed by atoms with Crippen molar-refractivity contribution in [1.82, 2.24) is 9.80 Å². The van der Waals surface area contributed by atoms with E-state index in [0.717, 1.165) is 39.3 Å². The van der Waals surface area contributed by atoms with Gasteiger partial charge in [0.05, 0.1) is 6.42 Å². The highest BCUT2D eigenvalue weighted by Gasteiger charge is 2.22. The van der Waals surface area contributed by atoms with Crippen molar-refractivity contribution in [2.24, 2.45) is 10.8 Å². The summed E-state index contributed by atoms with van der Waals surface area (Å²) < 4.78 is 5.28. The maximum Gasteiger partial charge on any atom is 0.306 e. The van der Waals surface area contributed by atoms with Crippen LogP contribution in [-0.2, 0) is 14.3 Å². The molecule has 0 saturated carbocycles. The standard InChI is InChI=1S/C20H38N2O3/c1-19(2,3)9-10-21-11-13-22(14-12-21)15-16-25-18(24)8-7-17(23)20(4,5)6/h7-16H2,1-6H3. The lowest BCUT2D eigenvalue weighted by molar-refractivity contribution is -0.145. The highest BCUT2D eigenvalue weighted by atomic mass is 16.5. The summed E-state index contributed by atoms with van der Waals surface area (Å²) in [5.41, 5.74) is 0.00660. The molecule has 5 nitrogen and oxygen atoms in total. The van der Waals surface area contributed by atoms with E-state index >= 15 is 0 Å².